The van der Waals surface area contributed by atoms with Gasteiger partial charge in [0.05, 0.1) is 0 Å². The Kier molecular flexibility index (Phi) is 29.7. The third kappa shape index (κ3) is 25.2. The second-order valence-electron chi connectivity index (χ2n) is 7.51. The van der Waals surface area contributed by atoms with Crippen LogP contribution in [0.25, 0.3) is 0 Å². The van der Waals surface area contributed by atoms with Gasteiger partial charge >= 0.3 is 0 Å². The minimum Gasteiger partial charge on any atom is -0.330 e. The second-order valence-corrected chi connectivity index (χ2v) is 7.51. The topological polar surface area (TPSA) is 26.0 Å². The van der Waals surface area contributed by atoms with Gasteiger partial charge in [0, 0.05) is 29.6 Å². The number of nitrogens with two attached hydrogens (primary N) is 1. The Morgan fingerprint density at radius 1 is 0.375 bits per heavy atom. The first-order valence-electron chi connectivity index (χ1n) is 11.1. The summed E-state index contributed by atoms with van der Waals surface area (Å²) in [6.07, 6.45) is 28.8. The molecule has 0 unspecified atom stereocenters. The molecule has 0 aliphatic heterocycles. The summed E-state index contributed by atoms with van der Waals surface area (Å²) in [5, 5.41) is 0. The Bertz CT molecular complexity index is 176. The van der Waals surface area contributed by atoms with Gasteiger partial charge in [-0.1, -0.05) is 129 Å². The zero-order chi connectivity index (χ0) is 16.8. The summed E-state index contributed by atoms with van der Waals surface area (Å²) in [6, 6.07) is 0. The summed E-state index contributed by atoms with van der Waals surface area (Å²) in [5.41, 5.74) is 5.51. The van der Waals surface area contributed by atoms with Crippen molar-refractivity contribution in [3.05, 3.63) is 0 Å². The summed E-state index contributed by atoms with van der Waals surface area (Å²) in [4.78, 5) is 0. The summed E-state index contributed by atoms with van der Waals surface area (Å²) in [6.45, 7) is 3.17. The number of hydrogen-bond acceptors (Lipinski definition) is 1. The van der Waals surface area contributed by atoms with E-state index in [1.807, 2.05) is 0 Å². The molecule has 0 atom stereocenters. The minimum absolute atomic E-state index is 0. The predicted octanol–water partition coefficient (Wildman–Crippen LogP) is 7.39. The van der Waals surface area contributed by atoms with E-state index in [2.05, 4.69) is 6.92 Å². The quantitative estimate of drug-likeness (QED) is 0.180. The van der Waals surface area contributed by atoms with Crippen molar-refractivity contribution in [2.75, 3.05) is 6.54 Å². The molecule has 0 bridgehead atoms. The minimum atomic E-state index is 0. The zero-order valence-electron chi connectivity index (χ0n) is 17.4. The Morgan fingerprint density at radius 2 is 0.583 bits per heavy atom. The molecule has 0 fully saturated rings. The van der Waals surface area contributed by atoms with E-state index in [-0.39, 0.29) is 29.6 Å². The van der Waals surface area contributed by atoms with Crippen LogP contribution in [0.1, 0.15) is 135 Å². The van der Waals surface area contributed by atoms with Gasteiger partial charge in [0.25, 0.3) is 0 Å². The normalized spacial score (nSPS) is 10.8. The molecule has 2 N–H and O–H groups in total. The van der Waals surface area contributed by atoms with Crippen LogP contribution in [0.15, 0.2) is 0 Å². The van der Waals surface area contributed by atoms with Gasteiger partial charge in [0.1, 0.15) is 0 Å². The van der Waals surface area contributed by atoms with E-state index in [1.165, 1.54) is 128 Å². The van der Waals surface area contributed by atoms with Crippen molar-refractivity contribution in [1.82, 2.24) is 0 Å². The fraction of sp³-hybridized carbons (Fsp3) is 1.00. The number of rotatable bonds is 20. The standard InChI is InChI=1S/C22H47N.Na/c1-2-3-4-5-6-7-8-9-10-11-12-13-14-15-16-17-18-19-20-21-22-23;/h2-23H2,1H3;. The average Bonchev–Trinajstić information content (AvgIpc) is 2.57. The largest absolute Gasteiger partial charge is 0.330 e. The monoisotopic (exact) mass is 348 g/mol. The van der Waals surface area contributed by atoms with Crippen molar-refractivity contribution in [3.63, 3.8) is 0 Å². The van der Waals surface area contributed by atoms with Gasteiger partial charge in [-0.05, 0) is 13.0 Å². The first-order chi connectivity index (χ1) is 11.4. The third-order valence-corrected chi connectivity index (χ3v) is 5.06. The van der Waals surface area contributed by atoms with E-state index in [1.54, 1.807) is 0 Å². The van der Waals surface area contributed by atoms with Crippen LogP contribution in [0.3, 0.4) is 0 Å². The van der Waals surface area contributed by atoms with Gasteiger partial charge in [-0.2, -0.15) is 0 Å². The maximum atomic E-state index is 5.51. The van der Waals surface area contributed by atoms with Gasteiger partial charge in [-0.3, -0.25) is 0 Å². The summed E-state index contributed by atoms with van der Waals surface area (Å²) < 4.78 is 0. The smallest absolute Gasteiger partial charge is 0 e. The number of unbranched alkanes of at least 4 members (excludes halogenated alkanes) is 19. The molecule has 0 heterocycles. The molecule has 1 nitrogen and oxygen atoms in total. The Hall–Kier alpha value is 0.960. The van der Waals surface area contributed by atoms with E-state index < -0.39 is 0 Å². The molecule has 0 aromatic heterocycles. The molecule has 24 heavy (non-hydrogen) atoms. The summed E-state index contributed by atoms with van der Waals surface area (Å²) in [7, 11) is 0. The molecule has 2 heteroatoms. The fourth-order valence-corrected chi connectivity index (χ4v) is 3.40. The Labute approximate surface area is 176 Å². The summed E-state index contributed by atoms with van der Waals surface area (Å²) >= 11 is 0. The Morgan fingerprint density at radius 3 is 0.792 bits per heavy atom. The van der Waals surface area contributed by atoms with Crippen molar-refractivity contribution in [3.8, 4) is 0 Å². The SMILES string of the molecule is CCCCCCCCCCCCCCCCCCCCCCN.[Na]. The van der Waals surface area contributed by atoms with E-state index in [0.717, 1.165) is 6.54 Å². The van der Waals surface area contributed by atoms with Gasteiger partial charge < -0.3 is 5.73 Å². The van der Waals surface area contributed by atoms with Crippen molar-refractivity contribution in [2.24, 2.45) is 5.73 Å². The maximum Gasteiger partial charge on any atom is 0 e. The third-order valence-electron chi connectivity index (χ3n) is 5.06. The van der Waals surface area contributed by atoms with Gasteiger partial charge in [0.2, 0.25) is 0 Å². The van der Waals surface area contributed by atoms with E-state index >= 15 is 0 Å². The van der Waals surface area contributed by atoms with Crippen LogP contribution in [0, 0.1) is 0 Å². The molecule has 141 valence electrons. The van der Waals surface area contributed by atoms with Crippen molar-refractivity contribution in [2.45, 2.75) is 135 Å². The van der Waals surface area contributed by atoms with Crippen LogP contribution in [0.5, 0.6) is 0 Å². The van der Waals surface area contributed by atoms with Crippen LogP contribution < -0.4 is 5.73 Å². The first kappa shape index (κ1) is 27.2. The van der Waals surface area contributed by atoms with Crippen molar-refractivity contribution in [1.29, 1.82) is 0 Å². The molecule has 1 radical (unpaired) electrons. The molecular formula is C22H47NNa. The van der Waals surface area contributed by atoms with E-state index in [4.69, 9.17) is 5.73 Å². The molecule has 0 aliphatic rings. The molecule has 0 saturated carbocycles. The molecule has 0 rings (SSSR count). The van der Waals surface area contributed by atoms with Crippen LogP contribution in [-0.2, 0) is 0 Å². The van der Waals surface area contributed by atoms with Crippen LogP contribution in [0.4, 0.5) is 0 Å². The van der Waals surface area contributed by atoms with Gasteiger partial charge in [-0.15, -0.1) is 0 Å². The van der Waals surface area contributed by atoms with Crippen molar-refractivity contribution >= 4 is 29.6 Å². The zero-order valence-corrected chi connectivity index (χ0v) is 19.4. The van der Waals surface area contributed by atoms with Crippen LogP contribution >= 0.6 is 0 Å². The van der Waals surface area contributed by atoms with Gasteiger partial charge in [-0.25, -0.2) is 0 Å². The van der Waals surface area contributed by atoms with Gasteiger partial charge in [0.15, 0.2) is 0 Å². The molecule has 0 amide bonds. The molecule has 0 aromatic rings. The maximum absolute atomic E-state index is 5.51. The van der Waals surface area contributed by atoms with E-state index in [0.29, 0.717) is 0 Å². The molecular weight excluding hydrogens is 301 g/mol. The fourth-order valence-electron chi connectivity index (χ4n) is 3.40. The molecule has 0 spiro atoms. The number of hydrogen-bond donors (Lipinski definition) is 1. The van der Waals surface area contributed by atoms with Crippen LogP contribution in [-0.4, -0.2) is 36.1 Å². The molecule has 0 aliphatic carbocycles. The Balaban J connectivity index is 0. The molecule has 0 saturated heterocycles. The second kappa shape index (κ2) is 26.2. The van der Waals surface area contributed by atoms with E-state index in [9.17, 15) is 0 Å². The molecule has 0 aromatic carbocycles. The first-order valence-corrected chi connectivity index (χ1v) is 11.1. The summed E-state index contributed by atoms with van der Waals surface area (Å²) in [5.74, 6) is 0. The predicted molar refractivity (Wildman–Crippen MR) is 113 cm³/mol. The van der Waals surface area contributed by atoms with Crippen LogP contribution in [0.2, 0.25) is 0 Å². The average molecular weight is 349 g/mol. The van der Waals surface area contributed by atoms with Crippen molar-refractivity contribution < 1.29 is 0 Å².